The average Bonchev–Trinajstić information content (AvgIpc) is 4.35. The van der Waals surface area contributed by atoms with Crippen molar-refractivity contribution >= 4 is 63.8 Å². The van der Waals surface area contributed by atoms with Crippen molar-refractivity contribution in [1.82, 2.24) is 30.0 Å². The number of rotatable bonds is 26. The van der Waals surface area contributed by atoms with Gasteiger partial charge in [0.25, 0.3) is 11.5 Å². The van der Waals surface area contributed by atoms with Gasteiger partial charge in [-0.2, -0.15) is 0 Å². The molecular formula is C60H69FN6O13. The maximum Gasteiger partial charge on any atom is 0.343 e. The molecule has 3 N–H and O–H groups in total. The predicted octanol–water partition coefficient (Wildman–Crippen LogP) is 5.08. The van der Waals surface area contributed by atoms with E-state index in [4.69, 9.17) is 14.5 Å². The van der Waals surface area contributed by atoms with Crippen molar-refractivity contribution < 1.29 is 62.1 Å². The molecule has 424 valence electrons. The van der Waals surface area contributed by atoms with Crippen molar-refractivity contribution in [2.24, 2.45) is 17.8 Å². The summed E-state index contributed by atoms with van der Waals surface area (Å²) in [7, 11) is 1.69. The number of esters is 1. The Bertz CT molecular complexity index is 3250. The third kappa shape index (κ3) is 11.9. The SMILES string of the molecule is CC[C@@]1(O)C(=O)OCc2c1cc1n(c2=O)Cc2c-1nc1cc(F)c(C)c3c1c2[C@@H](N(C)C(=O)[C@@H](OCCC(=O)CNC(=O)[C@@H](CC(=O)CNC(=O)CCC(=O)CCCCCN1C(=O)CC(C)C1=O)Cc1ccccc1)C1CC1)CC3. The minimum atomic E-state index is -2.05. The number of likely N-dealkylation sites (N-methyl/N-ethyl adjacent to an activating group) is 1. The predicted molar refractivity (Wildman–Crippen MR) is 288 cm³/mol. The first kappa shape index (κ1) is 57.4. The fourth-order valence-corrected chi connectivity index (χ4v) is 11.8. The van der Waals surface area contributed by atoms with Crippen molar-refractivity contribution in [2.75, 3.05) is 33.3 Å². The summed E-state index contributed by atoms with van der Waals surface area (Å²) in [6, 6.07) is 11.5. The monoisotopic (exact) mass is 1100 g/mol. The van der Waals surface area contributed by atoms with E-state index in [2.05, 4.69) is 10.6 Å². The maximum absolute atomic E-state index is 15.6. The molecule has 2 aromatic carbocycles. The number of hydrogen-bond acceptors (Lipinski definition) is 14. The lowest BCUT2D eigenvalue weighted by molar-refractivity contribution is -0.172. The Morgan fingerprint density at radius 3 is 2.38 bits per heavy atom. The number of ketones is 3. The van der Waals surface area contributed by atoms with Crippen LogP contribution in [0.2, 0.25) is 0 Å². The van der Waals surface area contributed by atoms with E-state index in [-0.39, 0.29) is 136 Å². The lowest BCUT2D eigenvalue weighted by Crippen LogP contribution is -2.44. The first-order valence-electron chi connectivity index (χ1n) is 28.0. The van der Waals surface area contributed by atoms with Crippen molar-refractivity contribution in [3.05, 3.63) is 97.6 Å². The number of amides is 5. The fraction of sp³-hybridized carbons (Fsp3) is 0.517. The Kier molecular flexibility index (Phi) is 17.3. The highest BCUT2D eigenvalue weighted by molar-refractivity contribution is 6.03. The summed E-state index contributed by atoms with van der Waals surface area (Å²) < 4.78 is 28.6. The third-order valence-corrected chi connectivity index (χ3v) is 16.7. The molecule has 5 heterocycles. The van der Waals surface area contributed by atoms with Crippen LogP contribution in [-0.4, -0.2) is 117 Å². The van der Waals surface area contributed by atoms with Crippen LogP contribution in [0.1, 0.15) is 142 Å². The van der Waals surface area contributed by atoms with Crippen LogP contribution in [0, 0.1) is 30.5 Å². The summed E-state index contributed by atoms with van der Waals surface area (Å²) in [4.78, 5) is 139. The van der Waals surface area contributed by atoms with Crippen LogP contribution in [0.25, 0.3) is 22.3 Å². The largest absolute Gasteiger partial charge is 0.458 e. The quantitative estimate of drug-likeness (QED) is 0.0371. The van der Waals surface area contributed by atoms with Crippen LogP contribution in [0.3, 0.4) is 0 Å². The summed E-state index contributed by atoms with van der Waals surface area (Å²) >= 11 is 0. The Hall–Kier alpha value is -7.32. The number of aromatic nitrogens is 2. The number of nitrogens with zero attached hydrogens (tertiary/aromatic N) is 4. The van der Waals surface area contributed by atoms with Gasteiger partial charge in [-0.3, -0.25) is 48.1 Å². The van der Waals surface area contributed by atoms with Gasteiger partial charge >= 0.3 is 5.97 Å². The van der Waals surface area contributed by atoms with E-state index in [1.54, 1.807) is 50.9 Å². The molecule has 5 atom stereocenters. The molecule has 1 saturated carbocycles. The van der Waals surface area contributed by atoms with E-state index in [0.29, 0.717) is 72.1 Å². The number of imide groups is 1. The second kappa shape index (κ2) is 24.2. The van der Waals surface area contributed by atoms with Gasteiger partial charge in [-0.15, -0.1) is 0 Å². The zero-order chi connectivity index (χ0) is 57.2. The molecule has 9 rings (SSSR count). The molecule has 5 amide bonds. The Morgan fingerprint density at radius 2 is 1.66 bits per heavy atom. The van der Waals surface area contributed by atoms with Crippen LogP contribution < -0.4 is 16.2 Å². The molecule has 0 bridgehead atoms. The Labute approximate surface area is 462 Å². The Balaban J connectivity index is 0.784. The average molecular weight is 1100 g/mol. The zero-order valence-corrected chi connectivity index (χ0v) is 45.8. The van der Waals surface area contributed by atoms with E-state index in [0.717, 1.165) is 29.5 Å². The van der Waals surface area contributed by atoms with E-state index in [1.807, 2.05) is 18.2 Å². The van der Waals surface area contributed by atoms with Gasteiger partial charge in [-0.25, -0.2) is 14.2 Å². The highest BCUT2D eigenvalue weighted by atomic mass is 19.1. The molecule has 3 aliphatic heterocycles. The van der Waals surface area contributed by atoms with Crippen LogP contribution >= 0.6 is 0 Å². The molecule has 1 saturated heterocycles. The number of cyclic esters (lactones) is 1. The van der Waals surface area contributed by atoms with Crippen LogP contribution in [-0.2, 0) is 84.2 Å². The fourth-order valence-electron chi connectivity index (χ4n) is 11.8. The minimum Gasteiger partial charge on any atom is -0.458 e. The molecule has 80 heavy (non-hydrogen) atoms. The van der Waals surface area contributed by atoms with Crippen LogP contribution in [0.15, 0.2) is 47.3 Å². The molecule has 5 aliphatic rings. The number of Topliss-reactive ketones (excluding diaryl/α,β-unsaturated/α-hetero) is 3. The molecule has 1 unspecified atom stereocenters. The van der Waals surface area contributed by atoms with Crippen LogP contribution in [0.4, 0.5) is 4.39 Å². The molecular weight excluding hydrogens is 1030 g/mol. The summed E-state index contributed by atoms with van der Waals surface area (Å²) in [5, 5.41) is 17.4. The highest BCUT2D eigenvalue weighted by Gasteiger charge is 2.47. The van der Waals surface area contributed by atoms with Crippen molar-refractivity contribution in [1.29, 1.82) is 0 Å². The number of unbranched alkanes of at least 4 members (excludes halogenated alkanes) is 2. The summed E-state index contributed by atoms with van der Waals surface area (Å²) in [5.74, 6) is -5.13. The number of likely N-dealkylation sites (tertiary alicyclic amines) is 1. The zero-order valence-electron chi connectivity index (χ0n) is 45.8. The van der Waals surface area contributed by atoms with E-state index in [1.165, 1.54) is 15.5 Å². The number of carbonyl (C=O) groups is 9. The van der Waals surface area contributed by atoms with Gasteiger partial charge in [-0.1, -0.05) is 50.6 Å². The lowest BCUT2D eigenvalue weighted by atomic mass is 9.81. The topological polar surface area (TPSA) is 258 Å². The molecule has 4 aromatic rings. The molecule has 0 spiro atoms. The molecule has 2 fully saturated rings. The summed E-state index contributed by atoms with van der Waals surface area (Å²) in [6.07, 6.45) is 3.37. The van der Waals surface area contributed by atoms with Gasteiger partial charge in [0.1, 0.15) is 24.3 Å². The van der Waals surface area contributed by atoms with Crippen molar-refractivity contribution in [3.63, 3.8) is 0 Å². The third-order valence-electron chi connectivity index (χ3n) is 16.7. The number of nitrogens with one attached hydrogen (secondary N) is 2. The lowest BCUT2D eigenvalue weighted by Gasteiger charge is -2.36. The van der Waals surface area contributed by atoms with E-state index < -0.39 is 58.6 Å². The number of benzene rings is 2. The molecule has 2 aliphatic carbocycles. The first-order valence-corrected chi connectivity index (χ1v) is 28.0. The maximum atomic E-state index is 15.6. The number of carbonyl (C=O) groups excluding carboxylic acids is 9. The van der Waals surface area contributed by atoms with Gasteiger partial charge in [0, 0.05) is 86.5 Å². The van der Waals surface area contributed by atoms with Gasteiger partial charge in [-0.05, 0) is 92.5 Å². The van der Waals surface area contributed by atoms with Crippen LogP contribution in [0.5, 0.6) is 0 Å². The normalized spacial score (nSPS) is 19.7. The van der Waals surface area contributed by atoms with Gasteiger partial charge in [0.15, 0.2) is 17.2 Å². The number of halogens is 1. The van der Waals surface area contributed by atoms with Gasteiger partial charge in [0.05, 0.1) is 54.8 Å². The summed E-state index contributed by atoms with van der Waals surface area (Å²) in [5.41, 5.74) is 2.33. The van der Waals surface area contributed by atoms with Crippen molar-refractivity contribution in [2.45, 2.75) is 148 Å². The number of aliphatic hydroxyl groups is 1. The number of fused-ring (bicyclic) bond motifs is 5. The minimum absolute atomic E-state index is 0.0105. The Morgan fingerprint density at radius 1 is 0.912 bits per heavy atom. The van der Waals surface area contributed by atoms with Gasteiger partial charge in [0.2, 0.25) is 23.6 Å². The molecule has 0 radical (unpaired) electrons. The van der Waals surface area contributed by atoms with Gasteiger partial charge < -0.3 is 34.7 Å². The van der Waals surface area contributed by atoms with Crippen molar-refractivity contribution in [3.8, 4) is 11.4 Å². The second-order valence-electron chi connectivity index (χ2n) is 22.2. The number of pyridine rings is 2. The second-order valence-corrected chi connectivity index (χ2v) is 22.2. The smallest absolute Gasteiger partial charge is 0.343 e. The van der Waals surface area contributed by atoms with E-state index in [9.17, 15) is 53.1 Å². The number of aryl methyl sites for hydroxylation is 1. The number of ether oxygens (including phenoxy) is 2. The van der Waals surface area contributed by atoms with E-state index >= 15 is 4.39 Å². The molecule has 2 aromatic heterocycles. The first-order chi connectivity index (χ1) is 38.3. The number of hydrogen-bond donors (Lipinski definition) is 3. The highest BCUT2D eigenvalue weighted by Crippen LogP contribution is 2.48. The summed E-state index contributed by atoms with van der Waals surface area (Å²) in [6.45, 7) is 4.34. The molecule has 20 heteroatoms. The standard InChI is InChI=1S/C60H69FN6O13/c1-5-60(78)44-27-48-53-42(31-67(48)57(75)43(44)32-80-59(60)77)52-47(19-18-41-34(3)45(61)28-46(64-53)51(41)52)65(4)58(76)54(36-15-16-36)79-23-21-39(69)29-63-55(73)37(25-35-12-8-6-9-13-35)26-40(70)30-62-49(71)20-17-38(68)14-10-7-11-22-66-50(72)24-33(2)56(66)74/h6,8-9,12-13,27-28,33,36-37,47,54,78H,5,7,10-11,14-26,29-32H2,1-4H3,(H,62,71)(H,63,73)/t33?,37-,47+,54+,60+/m1/s1. The molecule has 19 nitrogen and oxygen atoms in total.